The number of nitrogens with zero attached hydrogens (tertiary/aromatic N) is 2. The van der Waals surface area contributed by atoms with Crippen molar-refractivity contribution in [1.82, 2.24) is 15.5 Å². The Kier molecular flexibility index (Phi) is 6.60. The molecule has 1 aliphatic rings. The molecule has 0 bridgehead atoms. The van der Waals surface area contributed by atoms with Gasteiger partial charge >= 0.3 is 0 Å². The molecule has 2 rings (SSSR count). The maximum Gasteiger partial charge on any atom is 0.191 e. The monoisotopic (exact) mass is 334 g/mol. The van der Waals surface area contributed by atoms with Crippen LogP contribution in [0.5, 0.6) is 0 Å². The molecule has 1 heterocycles. The van der Waals surface area contributed by atoms with Crippen LogP contribution in [0.15, 0.2) is 29.3 Å². The molecule has 1 saturated heterocycles. The van der Waals surface area contributed by atoms with E-state index in [0.717, 1.165) is 24.6 Å². The summed E-state index contributed by atoms with van der Waals surface area (Å²) in [6.45, 7) is 8.19. The molecule has 1 atom stereocenters. The summed E-state index contributed by atoms with van der Waals surface area (Å²) in [5, 5.41) is 6.81. The molecule has 0 spiro atoms. The van der Waals surface area contributed by atoms with Gasteiger partial charge in [-0.2, -0.15) is 0 Å². The molecule has 1 aromatic carbocycles. The van der Waals surface area contributed by atoms with Crippen molar-refractivity contribution >= 4 is 5.96 Å². The van der Waals surface area contributed by atoms with Crippen molar-refractivity contribution in [3.8, 4) is 0 Å². The number of likely N-dealkylation sites (tertiary alicyclic amines) is 1. The molecule has 0 radical (unpaired) electrons. The summed E-state index contributed by atoms with van der Waals surface area (Å²) in [5.41, 5.74) is 0.810. The average Bonchev–Trinajstić information content (AvgIpc) is 2.55. The number of rotatable bonds is 5. The van der Waals surface area contributed by atoms with E-state index in [0.29, 0.717) is 12.5 Å². The molecule has 4 nitrogen and oxygen atoms in total. The Morgan fingerprint density at radius 3 is 2.83 bits per heavy atom. The van der Waals surface area contributed by atoms with Crippen LogP contribution in [0, 0.1) is 11.7 Å². The minimum absolute atomic E-state index is 0.176. The van der Waals surface area contributed by atoms with E-state index in [1.165, 1.54) is 25.5 Å². The Morgan fingerprint density at radius 2 is 2.17 bits per heavy atom. The predicted octanol–water partition coefficient (Wildman–Crippen LogP) is 2.61. The quantitative estimate of drug-likeness (QED) is 0.642. The highest BCUT2D eigenvalue weighted by molar-refractivity contribution is 5.79. The molecule has 1 aromatic rings. The van der Waals surface area contributed by atoms with E-state index in [2.05, 4.69) is 41.4 Å². The molecule has 1 aliphatic heterocycles. The van der Waals surface area contributed by atoms with Crippen LogP contribution in [-0.4, -0.2) is 51.1 Å². The fourth-order valence-corrected chi connectivity index (χ4v) is 3.22. The van der Waals surface area contributed by atoms with E-state index in [-0.39, 0.29) is 11.2 Å². The first-order chi connectivity index (χ1) is 11.4. The zero-order chi connectivity index (χ0) is 17.6. The Bertz CT molecular complexity index is 556. The van der Waals surface area contributed by atoms with Gasteiger partial charge in [0, 0.05) is 32.1 Å². The lowest BCUT2D eigenvalue weighted by molar-refractivity contribution is 0.210. The molecule has 1 fully saturated rings. The van der Waals surface area contributed by atoms with Crippen LogP contribution in [0.3, 0.4) is 0 Å². The SMILES string of the molecule is CN=C(NCC1CCCN(C)C1)NCC(C)(C)c1cccc(F)c1. The fourth-order valence-electron chi connectivity index (χ4n) is 3.22. The van der Waals surface area contributed by atoms with Crippen LogP contribution in [0.4, 0.5) is 4.39 Å². The zero-order valence-corrected chi connectivity index (χ0v) is 15.4. The summed E-state index contributed by atoms with van der Waals surface area (Å²) < 4.78 is 13.5. The highest BCUT2D eigenvalue weighted by atomic mass is 19.1. The largest absolute Gasteiger partial charge is 0.356 e. The molecular weight excluding hydrogens is 303 g/mol. The van der Waals surface area contributed by atoms with Crippen molar-refractivity contribution < 1.29 is 4.39 Å². The number of nitrogens with one attached hydrogen (secondary N) is 2. The Hall–Kier alpha value is -1.62. The third kappa shape index (κ3) is 5.48. The van der Waals surface area contributed by atoms with Crippen LogP contribution in [0.1, 0.15) is 32.3 Å². The predicted molar refractivity (Wildman–Crippen MR) is 99.0 cm³/mol. The smallest absolute Gasteiger partial charge is 0.191 e. The molecule has 134 valence electrons. The Balaban J connectivity index is 1.84. The second-order valence-electron chi connectivity index (χ2n) is 7.47. The van der Waals surface area contributed by atoms with Crippen molar-refractivity contribution in [1.29, 1.82) is 0 Å². The fraction of sp³-hybridized carbons (Fsp3) is 0.632. The van der Waals surface area contributed by atoms with E-state index in [9.17, 15) is 4.39 Å². The zero-order valence-electron chi connectivity index (χ0n) is 15.4. The normalized spacial score (nSPS) is 20.0. The summed E-state index contributed by atoms with van der Waals surface area (Å²) in [6, 6.07) is 6.82. The van der Waals surface area contributed by atoms with Gasteiger partial charge in [-0.15, -0.1) is 0 Å². The number of hydrogen-bond donors (Lipinski definition) is 2. The van der Waals surface area contributed by atoms with E-state index in [1.54, 1.807) is 19.2 Å². The van der Waals surface area contributed by atoms with E-state index < -0.39 is 0 Å². The lowest BCUT2D eigenvalue weighted by Crippen LogP contribution is -2.46. The maximum absolute atomic E-state index is 13.5. The molecular formula is C19H31FN4. The van der Waals surface area contributed by atoms with Crippen LogP contribution in [-0.2, 0) is 5.41 Å². The van der Waals surface area contributed by atoms with Gasteiger partial charge in [0.2, 0.25) is 0 Å². The molecule has 1 unspecified atom stereocenters. The van der Waals surface area contributed by atoms with E-state index in [4.69, 9.17) is 0 Å². The van der Waals surface area contributed by atoms with Gasteiger partial charge in [0.15, 0.2) is 5.96 Å². The second kappa shape index (κ2) is 8.47. The topological polar surface area (TPSA) is 39.7 Å². The number of hydrogen-bond acceptors (Lipinski definition) is 2. The summed E-state index contributed by atoms with van der Waals surface area (Å²) in [5.74, 6) is 1.29. The second-order valence-corrected chi connectivity index (χ2v) is 7.47. The molecule has 0 aliphatic carbocycles. The van der Waals surface area contributed by atoms with Crippen molar-refractivity contribution in [2.45, 2.75) is 32.1 Å². The summed E-state index contributed by atoms with van der Waals surface area (Å²) >= 11 is 0. The van der Waals surface area contributed by atoms with Gasteiger partial charge in [0.05, 0.1) is 0 Å². The number of benzene rings is 1. The van der Waals surface area contributed by atoms with Gasteiger partial charge in [-0.25, -0.2) is 4.39 Å². The summed E-state index contributed by atoms with van der Waals surface area (Å²) in [4.78, 5) is 6.70. The molecule has 5 heteroatoms. The highest BCUT2D eigenvalue weighted by Gasteiger charge is 2.22. The molecule has 0 amide bonds. The molecule has 0 aromatic heterocycles. The highest BCUT2D eigenvalue weighted by Crippen LogP contribution is 2.22. The lowest BCUT2D eigenvalue weighted by atomic mass is 9.84. The minimum Gasteiger partial charge on any atom is -0.356 e. The van der Waals surface area contributed by atoms with Crippen molar-refractivity contribution in [3.63, 3.8) is 0 Å². The first-order valence-corrected chi connectivity index (χ1v) is 8.80. The van der Waals surface area contributed by atoms with Crippen LogP contribution in [0.2, 0.25) is 0 Å². The molecule has 24 heavy (non-hydrogen) atoms. The van der Waals surface area contributed by atoms with Gasteiger partial charge in [-0.1, -0.05) is 26.0 Å². The van der Waals surface area contributed by atoms with Gasteiger partial charge in [0.25, 0.3) is 0 Å². The number of piperidine rings is 1. The Labute approximate surface area is 145 Å². The molecule has 0 saturated carbocycles. The summed E-state index contributed by atoms with van der Waals surface area (Å²) in [7, 11) is 3.97. The van der Waals surface area contributed by atoms with Gasteiger partial charge in [-0.3, -0.25) is 4.99 Å². The van der Waals surface area contributed by atoms with Crippen molar-refractivity contribution in [2.75, 3.05) is 40.3 Å². The van der Waals surface area contributed by atoms with Crippen molar-refractivity contribution in [2.24, 2.45) is 10.9 Å². The number of halogens is 1. The first kappa shape index (κ1) is 18.7. The van der Waals surface area contributed by atoms with Gasteiger partial charge in [0.1, 0.15) is 5.82 Å². The van der Waals surface area contributed by atoms with Crippen LogP contribution >= 0.6 is 0 Å². The van der Waals surface area contributed by atoms with Crippen LogP contribution < -0.4 is 10.6 Å². The van der Waals surface area contributed by atoms with E-state index >= 15 is 0 Å². The lowest BCUT2D eigenvalue weighted by Gasteiger charge is -2.31. The van der Waals surface area contributed by atoms with Gasteiger partial charge in [-0.05, 0) is 50.0 Å². The Morgan fingerprint density at radius 1 is 1.38 bits per heavy atom. The first-order valence-electron chi connectivity index (χ1n) is 8.80. The van der Waals surface area contributed by atoms with Gasteiger partial charge < -0.3 is 15.5 Å². The standard InChI is InChI=1S/C19H31FN4/c1-19(2,16-8-5-9-17(20)11-16)14-23-18(21-3)22-12-15-7-6-10-24(4)13-15/h5,8-9,11,15H,6-7,10,12-14H2,1-4H3,(H2,21,22,23). The summed E-state index contributed by atoms with van der Waals surface area (Å²) in [6.07, 6.45) is 2.53. The van der Waals surface area contributed by atoms with Crippen LogP contribution in [0.25, 0.3) is 0 Å². The van der Waals surface area contributed by atoms with E-state index in [1.807, 2.05) is 6.07 Å². The van der Waals surface area contributed by atoms with Crippen molar-refractivity contribution in [3.05, 3.63) is 35.6 Å². The molecule has 2 N–H and O–H groups in total. The average molecular weight is 334 g/mol. The maximum atomic E-state index is 13.5. The third-order valence-corrected chi connectivity index (χ3v) is 4.81. The third-order valence-electron chi connectivity index (χ3n) is 4.81. The number of aliphatic imine (C=N–C) groups is 1. The number of guanidine groups is 1. The minimum atomic E-state index is -0.190.